The van der Waals surface area contributed by atoms with E-state index in [0.29, 0.717) is 18.7 Å². The summed E-state index contributed by atoms with van der Waals surface area (Å²) in [6, 6.07) is 17.4. The van der Waals surface area contributed by atoms with Crippen molar-refractivity contribution in [2.45, 2.75) is 13.3 Å². The molecule has 0 heterocycles. The first kappa shape index (κ1) is 14.3. The van der Waals surface area contributed by atoms with Crippen molar-refractivity contribution < 1.29 is 4.79 Å². The van der Waals surface area contributed by atoms with Crippen LogP contribution in [0.1, 0.15) is 22.3 Å². The van der Waals surface area contributed by atoms with Gasteiger partial charge in [0.2, 0.25) is 0 Å². The maximum Gasteiger partial charge on any atom is 0.258 e. The molecule has 0 bridgehead atoms. The summed E-state index contributed by atoms with van der Waals surface area (Å²) >= 11 is 0. The van der Waals surface area contributed by atoms with E-state index in [2.05, 4.69) is 0 Å². The number of anilines is 1. The number of para-hydroxylation sites is 1. The molecule has 0 atom stereocenters. The van der Waals surface area contributed by atoms with Gasteiger partial charge < -0.3 is 10.6 Å². The molecular weight excluding hydrogens is 248 g/mol. The lowest BCUT2D eigenvalue weighted by atomic mass is 10.1. The van der Waals surface area contributed by atoms with Gasteiger partial charge in [0.15, 0.2) is 0 Å². The van der Waals surface area contributed by atoms with Gasteiger partial charge >= 0.3 is 0 Å². The highest BCUT2D eigenvalue weighted by Gasteiger charge is 2.16. The molecule has 0 saturated heterocycles. The predicted octanol–water partition coefficient (Wildman–Crippen LogP) is 2.99. The lowest BCUT2D eigenvalue weighted by molar-refractivity contribution is 0.0986. The molecule has 0 unspecified atom stereocenters. The molecule has 104 valence electrons. The van der Waals surface area contributed by atoms with Gasteiger partial charge in [0.1, 0.15) is 0 Å². The molecule has 0 aliphatic rings. The van der Waals surface area contributed by atoms with Crippen LogP contribution in [0.5, 0.6) is 0 Å². The van der Waals surface area contributed by atoms with E-state index in [9.17, 15) is 4.79 Å². The number of hydrogen-bond acceptors (Lipinski definition) is 2. The van der Waals surface area contributed by atoms with Crippen LogP contribution in [-0.2, 0) is 0 Å². The Balaban J connectivity index is 2.29. The van der Waals surface area contributed by atoms with Crippen LogP contribution in [-0.4, -0.2) is 19.0 Å². The Kier molecular flexibility index (Phi) is 4.91. The second kappa shape index (κ2) is 6.87. The number of nitrogens with zero attached hydrogens (tertiary/aromatic N) is 1. The summed E-state index contributed by atoms with van der Waals surface area (Å²) < 4.78 is 0. The molecule has 0 spiro atoms. The second-order valence-corrected chi connectivity index (χ2v) is 4.80. The van der Waals surface area contributed by atoms with Crippen LogP contribution in [0.25, 0.3) is 0 Å². The van der Waals surface area contributed by atoms with E-state index in [0.717, 1.165) is 17.7 Å². The van der Waals surface area contributed by atoms with Crippen molar-refractivity contribution in [3.05, 3.63) is 65.7 Å². The van der Waals surface area contributed by atoms with Crippen molar-refractivity contribution in [2.75, 3.05) is 18.0 Å². The van der Waals surface area contributed by atoms with E-state index in [1.165, 1.54) is 0 Å². The monoisotopic (exact) mass is 268 g/mol. The summed E-state index contributed by atoms with van der Waals surface area (Å²) in [5, 5.41) is 0. The van der Waals surface area contributed by atoms with Gasteiger partial charge in [-0.2, -0.15) is 0 Å². The summed E-state index contributed by atoms with van der Waals surface area (Å²) in [5.41, 5.74) is 8.29. The number of carbonyl (C=O) groups excluding carboxylic acids is 1. The molecule has 2 N–H and O–H groups in total. The molecule has 20 heavy (non-hydrogen) atoms. The Morgan fingerprint density at radius 2 is 1.85 bits per heavy atom. The molecule has 0 radical (unpaired) electrons. The summed E-state index contributed by atoms with van der Waals surface area (Å²) in [4.78, 5) is 14.5. The van der Waals surface area contributed by atoms with Crippen LogP contribution in [0, 0.1) is 6.92 Å². The van der Waals surface area contributed by atoms with Gasteiger partial charge in [-0.3, -0.25) is 4.79 Å². The van der Waals surface area contributed by atoms with E-state index in [-0.39, 0.29) is 5.91 Å². The van der Waals surface area contributed by atoms with Crippen molar-refractivity contribution in [3.8, 4) is 0 Å². The molecule has 0 aromatic heterocycles. The second-order valence-electron chi connectivity index (χ2n) is 4.80. The molecule has 3 heteroatoms. The fourth-order valence-electron chi connectivity index (χ4n) is 2.14. The number of amides is 1. The molecular formula is C17H20N2O. The van der Waals surface area contributed by atoms with E-state index in [4.69, 9.17) is 5.73 Å². The summed E-state index contributed by atoms with van der Waals surface area (Å²) in [5.74, 6) is 0.0216. The third-order valence-corrected chi connectivity index (χ3v) is 3.16. The number of hydrogen-bond donors (Lipinski definition) is 1. The molecule has 0 aliphatic carbocycles. The van der Waals surface area contributed by atoms with Crippen molar-refractivity contribution in [1.82, 2.24) is 0 Å². The van der Waals surface area contributed by atoms with Crippen LogP contribution in [0.15, 0.2) is 54.6 Å². The fourth-order valence-corrected chi connectivity index (χ4v) is 2.14. The van der Waals surface area contributed by atoms with Gasteiger partial charge in [-0.1, -0.05) is 35.9 Å². The van der Waals surface area contributed by atoms with Crippen LogP contribution < -0.4 is 10.6 Å². The molecule has 2 rings (SSSR count). The zero-order chi connectivity index (χ0) is 14.4. The van der Waals surface area contributed by atoms with E-state index >= 15 is 0 Å². The molecule has 0 saturated carbocycles. The third-order valence-electron chi connectivity index (χ3n) is 3.16. The Bertz CT molecular complexity index is 566. The minimum Gasteiger partial charge on any atom is -0.330 e. The van der Waals surface area contributed by atoms with Gasteiger partial charge in [-0.15, -0.1) is 0 Å². The predicted molar refractivity (Wildman–Crippen MR) is 83.0 cm³/mol. The zero-order valence-electron chi connectivity index (χ0n) is 11.8. The van der Waals surface area contributed by atoms with E-state index < -0.39 is 0 Å². The van der Waals surface area contributed by atoms with Crippen molar-refractivity contribution in [1.29, 1.82) is 0 Å². The highest BCUT2D eigenvalue weighted by atomic mass is 16.2. The van der Waals surface area contributed by atoms with Crippen LogP contribution >= 0.6 is 0 Å². The average molecular weight is 268 g/mol. The van der Waals surface area contributed by atoms with E-state index in [1.807, 2.05) is 61.5 Å². The van der Waals surface area contributed by atoms with Crippen LogP contribution in [0.2, 0.25) is 0 Å². The SMILES string of the molecule is Cc1cccc(C(=O)N(CCCN)c2ccccc2)c1. The third kappa shape index (κ3) is 3.45. The smallest absolute Gasteiger partial charge is 0.258 e. The number of nitrogens with two attached hydrogens (primary N) is 1. The number of benzene rings is 2. The van der Waals surface area contributed by atoms with Gasteiger partial charge in [-0.25, -0.2) is 0 Å². The number of carbonyl (C=O) groups is 1. The lowest BCUT2D eigenvalue weighted by Gasteiger charge is -2.23. The maximum absolute atomic E-state index is 12.7. The largest absolute Gasteiger partial charge is 0.330 e. The van der Waals surface area contributed by atoms with Crippen molar-refractivity contribution >= 4 is 11.6 Å². The van der Waals surface area contributed by atoms with Gasteiger partial charge in [0.05, 0.1) is 0 Å². The van der Waals surface area contributed by atoms with Gasteiger partial charge in [0.25, 0.3) is 5.91 Å². The fraction of sp³-hybridized carbons (Fsp3) is 0.235. The minimum absolute atomic E-state index is 0.0216. The quantitative estimate of drug-likeness (QED) is 0.906. The summed E-state index contributed by atoms with van der Waals surface area (Å²) in [6.07, 6.45) is 0.784. The van der Waals surface area contributed by atoms with Gasteiger partial charge in [-0.05, 0) is 44.2 Å². The van der Waals surface area contributed by atoms with Gasteiger partial charge in [0, 0.05) is 17.8 Å². The Labute approximate surface area is 120 Å². The summed E-state index contributed by atoms with van der Waals surface area (Å²) in [6.45, 7) is 3.20. The Morgan fingerprint density at radius 1 is 1.10 bits per heavy atom. The highest BCUT2D eigenvalue weighted by molar-refractivity contribution is 6.06. The first-order chi connectivity index (χ1) is 9.72. The molecule has 3 nitrogen and oxygen atoms in total. The van der Waals surface area contributed by atoms with Crippen LogP contribution in [0.3, 0.4) is 0 Å². The zero-order valence-corrected chi connectivity index (χ0v) is 11.8. The summed E-state index contributed by atoms with van der Waals surface area (Å²) in [7, 11) is 0. The minimum atomic E-state index is 0.0216. The van der Waals surface area contributed by atoms with Crippen molar-refractivity contribution in [3.63, 3.8) is 0 Å². The topological polar surface area (TPSA) is 46.3 Å². The molecule has 2 aromatic carbocycles. The standard InChI is InChI=1S/C17H20N2O/c1-14-7-5-8-15(13-14)17(20)19(12-6-11-18)16-9-3-2-4-10-16/h2-5,7-10,13H,6,11-12,18H2,1H3. The number of rotatable bonds is 5. The Hall–Kier alpha value is -2.13. The first-order valence-corrected chi connectivity index (χ1v) is 6.86. The van der Waals surface area contributed by atoms with Crippen LogP contribution in [0.4, 0.5) is 5.69 Å². The highest BCUT2D eigenvalue weighted by Crippen LogP contribution is 2.17. The first-order valence-electron chi connectivity index (χ1n) is 6.86. The van der Waals surface area contributed by atoms with E-state index in [1.54, 1.807) is 4.90 Å². The Morgan fingerprint density at radius 3 is 2.50 bits per heavy atom. The lowest BCUT2D eigenvalue weighted by Crippen LogP contribution is -2.33. The molecule has 0 aliphatic heterocycles. The molecule has 0 fully saturated rings. The molecule has 1 amide bonds. The number of aryl methyl sites for hydroxylation is 1. The maximum atomic E-state index is 12.7. The van der Waals surface area contributed by atoms with Crippen molar-refractivity contribution in [2.24, 2.45) is 5.73 Å². The average Bonchev–Trinajstić information content (AvgIpc) is 2.48. The normalized spacial score (nSPS) is 10.3. The molecule has 2 aromatic rings.